The summed E-state index contributed by atoms with van der Waals surface area (Å²) in [6.45, 7) is 1.82. The first-order valence-corrected chi connectivity index (χ1v) is 8.92. The van der Waals surface area contributed by atoms with Gasteiger partial charge in [-0.2, -0.15) is 0 Å². The van der Waals surface area contributed by atoms with Crippen LogP contribution in [-0.2, 0) is 11.2 Å². The molecule has 24 heavy (non-hydrogen) atoms. The molecule has 0 amide bonds. The smallest absolute Gasteiger partial charge is 0.160 e. The number of benzene rings is 1. The molecule has 0 aromatic heterocycles. The molecule has 1 saturated carbocycles. The van der Waals surface area contributed by atoms with Crippen LogP contribution in [0.1, 0.15) is 39.0 Å². The number of hydrogen-bond acceptors (Lipinski definition) is 5. The van der Waals surface area contributed by atoms with E-state index < -0.39 is 6.08 Å². The molecule has 1 aromatic rings. The van der Waals surface area contributed by atoms with Gasteiger partial charge in [0.1, 0.15) is 0 Å². The monoisotopic (exact) mass is 336 g/mol. The minimum atomic E-state index is -1.30. The van der Waals surface area contributed by atoms with E-state index in [0.29, 0.717) is 31.4 Å². The first-order valence-electron chi connectivity index (χ1n) is 9.42. The van der Waals surface area contributed by atoms with Crippen LogP contribution < -0.4 is 4.74 Å². The molecule has 1 aromatic carbocycles. The van der Waals surface area contributed by atoms with Crippen LogP contribution in [0, 0.1) is 0 Å². The predicted molar refractivity (Wildman–Crippen MR) is 92.6 cm³/mol. The maximum Gasteiger partial charge on any atom is 0.160 e. The normalized spacial score (nSPS) is 31.8. The SMILES string of the molecule is [2H][C@@]1(O)CCN([C@@H]2CCCC[C@H]2OCCc2ccc(O)c(OC)c2)C1. The zero-order valence-electron chi connectivity index (χ0n) is 15.4. The number of β-amino-alcohol motifs (C(OH)–C–C–N with tert-alkyl or cyclic N) is 1. The molecular weight excluding hydrogens is 306 g/mol. The number of methoxy groups -OCH3 is 1. The quantitative estimate of drug-likeness (QED) is 0.835. The Bertz CT molecular complexity index is 581. The summed E-state index contributed by atoms with van der Waals surface area (Å²) in [5.74, 6) is 0.635. The molecule has 1 aliphatic heterocycles. The maximum absolute atomic E-state index is 9.93. The summed E-state index contributed by atoms with van der Waals surface area (Å²) in [5.41, 5.74) is 1.07. The molecule has 3 rings (SSSR count). The van der Waals surface area contributed by atoms with Crippen molar-refractivity contribution in [3.63, 3.8) is 0 Å². The Hall–Kier alpha value is -1.30. The van der Waals surface area contributed by atoms with Gasteiger partial charge in [-0.3, -0.25) is 4.90 Å². The highest BCUT2D eigenvalue weighted by molar-refractivity contribution is 5.41. The van der Waals surface area contributed by atoms with E-state index in [4.69, 9.17) is 10.8 Å². The van der Waals surface area contributed by atoms with Crippen molar-refractivity contribution in [1.82, 2.24) is 4.90 Å². The number of phenols is 1. The molecule has 2 aliphatic rings. The van der Waals surface area contributed by atoms with Gasteiger partial charge in [-0.1, -0.05) is 18.9 Å². The Morgan fingerprint density at radius 1 is 1.29 bits per heavy atom. The summed E-state index contributed by atoms with van der Waals surface area (Å²) in [4.78, 5) is 2.24. The highest BCUT2D eigenvalue weighted by atomic mass is 16.5. The number of hydrogen-bond donors (Lipinski definition) is 2. The van der Waals surface area contributed by atoms with Crippen molar-refractivity contribution >= 4 is 0 Å². The lowest BCUT2D eigenvalue weighted by molar-refractivity contribution is -0.0316. The van der Waals surface area contributed by atoms with Gasteiger partial charge in [0.05, 0.1) is 27.3 Å². The zero-order chi connectivity index (χ0) is 17.9. The number of aliphatic hydroxyl groups is 1. The lowest BCUT2D eigenvalue weighted by Gasteiger charge is -2.37. The van der Waals surface area contributed by atoms with E-state index in [1.54, 1.807) is 13.2 Å². The second-order valence-corrected chi connectivity index (χ2v) is 6.80. The summed E-state index contributed by atoms with van der Waals surface area (Å²) >= 11 is 0. The molecule has 2 N–H and O–H groups in total. The van der Waals surface area contributed by atoms with E-state index in [9.17, 15) is 10.2 Å². The van der Waals surface area contributed by atoms with Crippen molar-refractivity contribution in [3.05, 3.63) is 23.8 Å². The maximum atomic E-state index is 9.93. The van der Waals surface area contributed by atoms with E-state index >= 15 is 0 Å². The Balaban J connectivity index is 1.54. The molecule has 1 saturated heterocycles. The summed E-state index contributed by atoms with van der Waals surface area (Å²) in [5, 5.41) is 19.6. The predicted octanol–water partition coefficient (Wildman–Crippen LogP) is 2.34. The van der Waals surface area contributed by atoms with E-state index in [1.807, 2.05) is 12.1 Å². The molecule has 1 heterocycles. The zero-order valence-corrected chi connectivity index (χ0v) is 14.4. The first kappa shape index (κ1) is 16.2. The van der Waals surface area contributed by atoms with Crippen LogP contribution in [-0.4, -0.2) is 60.1 Å². The van der Waals surface area contributed by atoms with Gasteiger partial charge in [0.2, 0.25) is 0 Å². The number of phenolic OH excluding ortho intramolecular Hbond substituents is 1. The Morgan fingerprint density at radius 3 is 2.88 bits per heavy atom. The topological polar surface area (TPSA) is 62.2 Å². The van der Waals surface area contributed by atoms with Gasteiger partial charge in [0.25, 0.3) is 0 Å². The Labute approximate surface area is 145 Å². The largest absolute Gasteiger partial charge is 0.504 e. The molecule has 1 aliphatic carbocycles. The summed E-state index contributed by atoms with van der Waals surface area (Å²) in [7, 11) is 1.55. The number of ether oxygens (including phenoxy) is 2. The highest BCUT2D eigenvalue weighted by Crippen LogP contribution is 2.29. The molecule has 5 heteroatoms. The van der Waals surface area contributed by atoms with Crippen molar-refractivity contribution in [2.24, 2.45) is 0 Å². The van der Waals surface area contributed by atoms with Crippen LogP contribution in [0.2, 0.25) is 0 Å². The second kappa shape index (κ2) is 8.19. The third-order valence-electron chi connectivity index (χ3n) is 5.18. The number of aromatic hydroxyl groups is 1. The molecule has 0 spiro atoms. The number of nitrogens with zero attached hydrogens (tertiary/aromatic N) is 1. The van der Waals surface area contributed by atoms with Gasteiger partial charge in [-0.15, -0.1) is 0 Å². The van der Waals surface area contributed by atoms with Gasteiger partial charge in [-0.05, 0) is 43.4 Å². The van der Waals surface area contributed by atoms with Gasteiger partial charge in [0, 0.05) is 19.1 Å². The highest BCUT2D eigenvalue weighted by Gasteiger charge is 2.34. The third kappa shape index (κ3) is 4.21. The fourth-order valence-electron chi connectivity index (χ4n) is 3.84. The molecule has 0 unspecified atom stereocenters. The fraction of sp³-hybridized carbons (Fsp3) is 0.684. The summed E-state index contributed by atoms with van der Waals surface area (Å²) in [6.07, 6.45) is 4.63. The first-order chi connectivity index (χ1) is 12.0. The van der Waals surface area contributed by atoms with Crippen molar-refractivity contribution in [1.29, 1.82) is 0 Å². The van der Waals surface area contributed by atoms with Gasteiger partial charge in [-0.25, -0.2) is 0 Å². The molecule has 2 fully saturated rings. The fourth-order valence-corrected chi connectivity index (χ4v) is 3.84. The van der Waals surface area contributed by atoms with Crippen molar-refractivity contribution in [2.75, 3.05) is 26.8 Å². The van der Waals surface area contributed by atoms with Crippen LogP contribution in [0.15, 0.2) is 18.2 Å². The summed E-state index contributed by atoms with van der Waals surface area (Å²) in [6, 6.07) is 5.69. The molecule has 0 radical (unpaired) electrons. The molecule has 0 bridgehead atoms. The van der Waals surface area contributed by atoms with Crippen LogP contribution in [0.3, 0.4) is 0 Å². The third-order valence-corrected chi connectivity index (χ3v) is 5.18. The van der Waals surface area contributed by atoms with E-state index in [0.717, 1.165) is 31.4 Å². The average molecular weight is 336 g/mol. The van der Waals surface area contributed by atoms with Gasteiger partial charge < -0.3 is 19.7 Å². The Morgan fingerprint density at radius 2 is 2.12 bits per heavy atom. The Kier molecular flexibility index (Phi) is 5.52. The molecule has 5 nitrogen and oxygen atoms in total. The van der Waals surface area contributed by atoms with Crippen molar-refractivity contribution in [2.45, 2.75) is 56.8 Å². The van der Waals surface area contributed by atoms with Crippen molar-refractivity contribution in [3.8, 4) is 11.5 Å². The van der Waals surface area contributed by atoms with Crippen LogP contribution in [0.5, 0.6) is 11.5 Å². The molecule has 134 valence electrons. The lowest BCUT2D eigenvalue weighted by Crippen LogP contribution is -2.46. The second-order valence-electron chi connectivity index (χ2n) is 6.80. The molecular formula is C19H29NO4. The van der Waals surface area contributed by atoms with Crippen LogP contribution >= 0.6 is 0 Å². The van der Waals surface area contributed by atoms with E-state index in [1.165, 1.54) is 12.8 Å². The minimum absolute atomic E-state index is 0.149. The lowest BCUT2D eigenvalue weighted by atomic mass is 9.91. The molecule has 3 atom stereocenters. The van der Waals surface area contributed by atoms with Crippen LogP contribution in [0.4, 0.5) is 0 Å². The van der Waals surface area contributed by atoms with Crippen molar-refractivity contribution < 1.29 is 21.1 Å². The number of rotatable bonds is 6. The minimum Gasteiger partial charge on any atom is -0.504 e. The van der Waals surface area contributed by atoms with E-state index in [2.05, 4.69) is 4.90 Å². The van der Waals surface area contributed by atoms with Crippen LogP contribution in [0.25, 0.3) is 0 Å². The van der Waals surface area contributed by atoms with Gasteiger partial charge in [0.15, 0.2) is 11.5 Å². The van der Waals surface area contributed by atoms with Gasteiger partial charge >= 0.3 is 0 Å². The summed E-state index contributed by atoms with van der Waals surface area (Å²) < 4.78 is 19.2. The van der Waals surface area contributed by atoms with E-state index in [-0.39, 0.29) is 11.9 Å². The average Bonchev–Trinajstić information content (AvgIpc) is 2.96. The number of likely N-dealkylation sites (tertiary alicyclic amines) is 1. The standard InChI is InChI=1S/C19H29NO4/c1-23-19-12-14(6-7-17(19)22)9-11-24-18-5-3-2-4-16(18)20-10-8-15(21)13-20/h6-7,12,15-16,18,21-22H,2-5,8-11,13H2,1H3/t15-,16-,18-/m1/s1/i15D.